The van der Waals surface area contributed by atoms with E-state index in [1.165, 1.54) is 0 Å². The van der Waals surface area contributed by atoms with Crippen LogP contribution in [0.15, 0.2) is 41.1 Å². The molecular formula is C17H20BrN3O. The molecule has 2 aromatic rings. The summed E-state index contributed by atoms with van der Waals surface area (Å²) in [5, 5.41) is 6.20. The monoisotopic (exact) mass is 361 g/mol. The molecule has 0 aliphatic rings. The first-order valence-electron chi connectivity index (χ1n) is 7.05. The van der Waals surface area contributed by atoms with E-state index in [0.29, 0.717) is 5.56 Å². The first kappa shape index (κ1) is 16.5. The van der Waals surface area contributed by atoms with Crippen LogP contribution < -0.4 is 10.6 Å². The van der Waals surface area contributed by atoms with Crippen molar-refractivity contribution in [1.82, 2.24) is 4.98 Å². The van der Waals surface area contributed by atoms with E-state index in [1.807, 2.05) is 25.1 Å². The second-order valence-electron chi connectivity index (χ2n) is 6.27. The summed E-state index contributed by atoms with van der Waals surface area (Å²) in [4.78, 5) is 16.5. The average molecular weight is 362 g/mol. The predicted octanol–water partition coefficient (Wildman–Crippen LogP) is 4.62. The van der Waals surface area contributed by atoms with E-state index in [9.17, 15) is 4.79 Å². The fourth-order valence-electron chi connectivity index (χ4n) is 1.98. The van der Waals surface area contributed by atoms with E-state index >= 15 is 0 Å². The summed E-state index contributed by atoms with van der Waals surface area (Å²) in [7, 11) is 0. The van der Waals surface area contributed by atoms with Crippen molar-refractivity contribution in [2.45, 2.75) is 33.2 Å². The molecule has 22 heavy (non-hydrogen) atoms. The van der Waals surface area contributed by atoms with Crippen molar-refractivity contribution in [3.05, 3.63) is 52.3 Å². The number of halogens is 1. The maximum Gasteiger partial charge on any atom is 0.257 e. The molecule has 0 bridgehead atoms. The molecule has 0 unspecified atom stereocenters. The summed E-state index contributed by atoms with van der Waals surface area (Å²) in [6, 6.07) is 7.60. The second-order valence-corrected chi connectivity index (χ2v) is 7.13. The molecule has 0 atom stereocenters. The van der Waals surface area contributed by atoms with E-state index in [4.69, 9.17) is 0 Å². The standard InChI is InChI=1S/C17H20BrN3O/c1-11-5-6-15(14(18)7-11)20-16(22)12-8-13(10-19-9-12)21-17(2,3)4/h5-10,21H,1-4H3,(H,20,22). The smallest absolute Gasteiger partial charge is 0.257 e. The zero-order chi connectivity index (χ0) is 16.3. The molecular weight excluding hydrogens is 342 g/mol. The van der Waals surface area contributed by atoms with Crippen LogP contribution in [0.4, 0.5) is 11.4 Å². The van der Waals surface area contributed by atoms with Gasteiger partial charge >= 0.3 is 0 Å². The maximum atomic E-state index is 12.4. The molecule has 0 spiro atoms. The molecule has 116 valence electrons. The van der Waals surface area contributed by atoms with Crippen LogP contribution in [-0.2, 0) is 0 Å². The third kappa shape index (κ3) is 4.56. The van der Waals surface area contributed by atoms with Gasteiger partial charge in [0, 0.05) is 22.4 Å². The number of pyridine rings is 1. The van der Waals surface area contributed by atoms with Crippen molar-refractivity contribution in [2.75, 3.05) is 10.6 Å². The summed E-state index contributed by atoms with van der Waals surface area (Å²) in [6.45, 7) is 8.18. The number of carbonyl (C=O) groups excluding carboxylic acids is 1. The Balaban J connectivity index is 2.17. The first-order chi connectivity index (χ1) is 10.2. The highest BCUT2D eigenvalue weighted by molar-refractivity contribution is 9.10. The Bertz CT molecular complexity index is 693. The molecule has 1 aromatic carbocycles. The van der Waals surface area contributed by atoms with Gasteiger partial charge in [0.1, 0.15) is 0 Å². The van der Waals surface area contributed by atoms with Gasteiger partial charge < -0.3 is 10.6 Å². The van der Waals surface area contributed by atoms with Gasteiger partial charge in [0.05, 0.1) is 16.9 Å². The highest BCUT2D eigenvalue weighted by atomic mass is 79.9. The molecule has 0 saturated heterocycles. The summed E-state index contributed by atoms with van der Waals surface area (Å²) in [5.74, 6) is -0.186. The van der Waals surface area contributed by atoms with Crippen LogP contribution in [0.1, 0.15) is 36.7 Å². The van der Waals surface area contributed by atoms with Crippen molar-refractivity contribution in [1.29, 1.82) is 0 Å². The van der Waals surface area contributed by atoms with Gasteiger partial charge in [0.25, 0.3) is 5.91 Å². The number of rotatable bonds is 3. The SMILES string of the molecule is Cc1ccc(NC(=O)c2cncc(NC(C)(C)C)c2)c(Br)c1. The number of benzene rings is 1. The van der Waals surface area contributed by atoms with Gasteiger partial charge in [0.15, 0.2) is 0 Å². The van der Waals surface area contributed by atoms with Crippen LogP contribution in [0.25, 0.3) is 0 Å². The number of carbonyl (C=O) groups is 1. The van der Waals surface area contributed by atoms with E-state index in [2.05, 4.69) is 52.3 Å². The minimum Gasteiger partial charge on any atom is -0.379 e. The van der Waals surface area contributed by atoms with Gasteiger partial charge in [-0.3, -0.25) is 9.78 Å². The minimum atomic E-state index is -0.186. The topological polar surface area (TPSA) is 54.0 Å². The van der Waals surface area contributed by atoms with Crippen molar-refractivity contribution < 1.29 is 4.79 Å². The number of hydrogen-bond acceptors (Lipinski definition) is 3. The van der Waals surface area contributed by atoms with E-state index in [1.54, 1.807) is 18.5 Å². The molecule has 0 saturated carbocycles. The molecule has 5 heteroatoms. The molecule has 4 nitrogen and oxygen atoms in total. The molecule has 1 aromatic heterocycles. The van der Waals surface area contributed by atoms with E-state index in [-0.39, 0.29) is 11.4 Å². The van der Waals surface area contributed by atoms with Crippen LogP contribution in [-0.4, -0.2) is 16.4 Å². The average Bonchev–Trinajstić information content (AvgIpc) is 2.40. The number of nitrogens with one attached hydrogen (secondary N) is 2. The molecule has 0 fully saturated rings. The highest BCUT2D eigenvalue weighted by Crippen LogP contribution is 2.24. The maximum absolute atomic E-state index is 12.4. The molecule has 0 aliphatic heterocycles. The Morgan fingerprint density at radius 3 is 2.55 bits per heavy atom. The summed E-state index contributed by atoms with van der Waals surface area (Å²) in [6.07, 6.45) is 3.27. The van der Waals surface area contributed by atoms with E-state index < -0.39 is 0 Å². The minimum absolute atomic E-state index is 0.0865. The zero-order valence-corrected chi connectivity index (χ0v) is 14.8. The molecule has 0 aliphatic carbocycles. The largest absolute Gasteiger partial charge is 0.379 e. The predicted molar refractivity (Wildman–Crippen MR) is 94.4 cm³/mol. The van der Waals surface area contributed by atoms with Crippen LogP contribution in [0.3, 0.4) is 0 Å². The lowest BCUT2D eigenvalue weighted by Crippen LogP contribution is -2.26. The van der Waals surface area contributed by atoms with Crippen LogP contribution in [0.5, 0.6) is 0 Å². The first-order valence-corrected chi connectivity index (χ1v) is 7.85. The highest BCUT2D eigenvalue weighted by Gasteiger charge is 2.13. The third-order valence-corrected chi connectivity index (χ3v) is 3.55. The number of amides is 1. The van der Waals surface area contributed by atoms with Crippen molar-refractivity contribution >= 4 is 33.2 Å². The number of nitrogens with zero attached hydrogens (tertiary/aromatic N) is 1. The Kier molecular flexibility index (Phi) is 4.86. The van der Waals surface area contributed by atoms with Gasteiger partial charge in [0.2, 0.25) is 0 Å². The molecule has 1 amide bonds. The summed E-state index contributed by atoms with van der Waals surface area (Å²) < 4.78 is 0.859. The van der Waals surface area contributed by atoms with Crippen LogP contribution in [0.2, 0.25) is 0 Å². The normalized spacial score (nSPS) is 11.1. The molecule has 1 heterocycles. The fraction of sp³-hybridized carbons (Fsp3) is 0.294. The van der Waals surface area contributed by atoms with Gasteiger partial charge in [-0.05, 0) is 67.4 Å². The second kappa shape index (κ2) is 6.48. The lowest BCUT2D eigenvalue weighted by Gasteiger charge is -2.22. The Morgan fingerprint density at radius 1 is 1.18 bits per heavy atom. The van der Waals surface area contributed by atoms with Crippen molar-refractivity contribution in [3.8, 4) is 0 Å². The number of aromatic nitrogens is 1. The van der Waals surface area contributed by atoms with Gasteiger partial charge in [-0.25, -0.2) is 0 Å². The number of aryl methyl sites for hydroxylation is 1. The number of anilines is 2. The Labute approximate surface area is 139 Å². The molecule has 0 radical (unpaired) electrons. The lowest BCUT2D eigenvalue weighted by atomic mass is 10.1. The third-order valence-electron chi connectivity index (χ3n) is 2.89. The summed E-state index contributed by atoms with van der Waals surface area (Å²) in [5.41, 5.74) is 3.12. The quantitative estimate of drug-likeness (QED) is 0.838. The van der Waals surface area contributed by atoms with Crippen LogP contribution in [0, 0.1) is 6.92 Å². The Hall–Kier alpha value is -1.88. The zero-order valence-electron chi connectivity index (χ0n) is 13.2. The number of hydrogen-bond donors (Lipinski definition) is 2. The van der Waals surface area contributed by atoms with Crippen LogP contribution >= 0.6 is 15.9 Å². The van der Waals surface area contributed by atoms with Gasteiger partial charge in [-0.15, -0.1) is 0 Å². The van der Waals surface area contributed by atoms with Gasteiger partial charge in [-0.1, -0.05) is 6.07 Å². The lowest BCUT2D eigenvalue weighted by molar-refractivity contribution is 0.102. The summed E-state index contributed by atoms with van der Waals surface area (Å²) >= 11 is 3.46. The fourth-order valence-corrected chi connectivity index (χ4v) is 2.57. The molecule has 2 N–H and O–H groups in total. The van der Waals surface area contributed by atoms with Gasteiger partial charge in [-0.2, -0.15) is 0 Å². The Morgan fingerprint density at radius 2 is 1.91 bits per heavy atom. The van der Waals surface area contributed by atoms with Crippen molar-refractivity contribution in [2.24, 2.45) is 0 Å². The van der Waals surface area contributed by atoms with Crippen molar-refractivity contribution in [3.63, 3.8) is 0 Å². The molecule has 2 rings (SSSR count). The van der Waals surface area contributed by atoms with E-state index in [0.717, 1.165) is 21.4 Å².